The van der Waals surface area contributed by atoms with Crippen molar-refractivity contribution in [3.63, 3.8) is 0 Å². The van der Waals surface area contributed by atoms with E-state index in [2.05, 4.69) is 25.6 Å². The van der Waals surface area contributed by atoms with Crippen LogP contribution >= 0.6 is 15.9 Å². The van der Waals surface area contributed by atoms with Gasteiger partial charge >= 0.3 is 0 Å². The summed E-state index contributed by atoms with van der Waals surface area (Å²) in [5.74, 6) is 0.663. The van der Waals surface area contributed by atoms with Gasteiger partial charge in [-0.25, -0.2) is 18.1 Å². The van der Waals surface area contributed by atoms with E-state index in [-0.39, 0.29) is 5.03 Å². The molecule has 0 spiro atoms. The van der Waals surface area contributed by atoms with E-state index in [1.807, 2.05) is 0 Å². The molecule has 1 rings (SSSR count). The normalized spacial score (nSPS) is 11.9. The van der Waals surface area contributed by atoms with Crippen molar-refractivity contribution in [3.05, 3.63) is 12.0 Å². The average molecular weight is 340 g/mol. The molecular weight excluding hydrogens is 322 g/mol. The molecule has 1 aromatic heterocycles. The first-order valence-electron chi connectivity index (χ1n) is 5.60. The van der Waals surface area contributed by atoms with Crippen LogP contribution in [0.15, 0.2) is 11.2 Å². The summed E-state index contributed by atoms with van der Waals surface area (Å²) in [6.07, 6.45) is 2.14. The molecule has 0 atom stereocenters. The Morgan fingerprint density at radius 3 is 2.78 bits per heavy atom. The number of rotatable bonds is 8. The molecule has 1 N–H and O–H groups in total. The Kier molecular flexibility index (Phi) is 6.27. The number of hydrogen-bond donors (Lipinski definition) is 1. The van der Waals surface area contributed by atoms with Crippen molar-refractivity contribution in [2.24, 2.45) is 7.05 Å². The van der Waals surface area contributed by atoms with Crippen LogP contribution in [0.5, 0.6) is 0 Å². The van der Waals surface area contributed by atoms with Crippen LogP contribution in [0.4, 0.5) is 0 Å². The van der Waals surface area contributed by atoms with E-state index in [0.29, 0.717) is 32.0 Å². The number of halogens is 1. The third-order valence-electron chi connectivity index (χ3n) is 2.34. The van der Waals surface area contributed by atoms with E-state index in [1.54, 1.807) is 18.5 Å². The van der Waals surface area contributed by atoms with Crippen LogP contribution in [0.2, 0.25) is 0 Å². The average Bonchev–Trinajstić information content (AvgIpc) is 2.65. The van der Waals surface area contributed by atoms with Gasteiger partial charge in [-0.2, -0.15) is 0 Å². The molecule has 0 unspecified atom stereocenters. The van der Waals surface area contributed by atoms with Gasteiger partial charge < -0.3 is 9.30 Å². The number of nitrogens with zero attached hydrogens (tertiary/aromatic N) is 2. The maximum absolute atomic E-state index is 11.9. The number of nitrogens with one attached hydrogen (secondary N) is 1. The molecule has 0 bridgehead atoms. The van der Waals surface area contributed by atoms with Crippen LogP contribution < -0.4 is 4.72 Å². The third-order valence-corrected chi connectivity index (χ3v) is 4.00. The standard InChI is InChI=1S/C10H18BrN3O3S/c1-9-13-10(8-14(9)2)18(15,16)12-5-3-6-17-7-4-11/h8,12H,3-7H2,1-2H3. The Hall–Kier alpha value is -0.440. The summed E-state index contributed by atoms with van der Waals surface area (Å²) in [6, 6.07) is 0. The summed E-state index contributed by atoms with van der Waals surface area (Å²) in [5.41, 5.74) is 0. The van der Waals surface area contributed by atoms with Gasteiger partial charge in [-0.3, -0.25) is 0 Å². The number of imidazole rings is 1. The zero-order chi connectivity index (χ0) is 13.6. The summed E-state index contributed by atoms with van der Waals surface area (Å²) in [4.78, 5) is 3.99. The predicted octanol–water partition coefficient (Wildman–Crippen LogP) is 0.808. The summed E-state index contributed by atoms with van der Waals surface area (Å²) in [6.45, 7) is 3.27. The molecule has 6 nitrogen and oxygen atoms in total. The van der Waals surface area contributed by atoms with Crippen LogP contribution in [0.3, 0.4) is 0 Å². The van der Waals surface area contributed by atoms with Gasteiger partial charge in [0.1, 0.15) is 5.82 Å². The Morgan fingerprint density at radius 2 is 2.22 bits per heavy atom. The van der Waals surface area contributed by atoms with Gasteiger partial charge in [-0.15, -0.1) is 0 Å². The number of aryl methyl sites for hydroxylation is 2. The summed E-state index contributed by atoms with van der Waals surface area (Å²) < 4.78 is 33.1. The van der Waals surface area contributed by atoms with Crippen LogP contribution in [-0.2, 0) is 21.8 Å². The molecular formula is C10H18BrN3O3S. The number of ether oxygens (including phenoxy) is 1. The van der Waals surface area contributed by atoms with Crippen LogP contribution in [-0.4, -0.2) is 43.1 Å². The maximum atomic E-state index is 11.9. The third kappa shape index (κ3) is 4.68. The highest BCUT2D eigenvalue weighted by Gasteiger charge is 2.17. The minimum Gasteiger partial charge on any atom is -0.381 e. The lowest BCUT2D eigenvalue weighted by Gasteiger charge is -2.04. The first kappa shape index (κ1) is 15.6. The second-order valence-electron chi connectivity index (χ2n) is 3.79. The number of alkyl halides is 1. The molecule has 0 saturated heterocycles. The largest absolute Gasteiger partial charge is 0.381 e. The second kappa shape index (κ2) is 7.22. The fourth-order valence-corrected chi connectivity index (χ4v) is 2.61. The first-order chi connectivity index (χ1) is 8.47. The molecule has 1 aromatic rings. The fourth-order valence-electron chi connectivity index (χ4n) is 1.27. The molecule has 0 aliphatic heterocycles. The van der Waals surface area contributed by atoms with Crippen molar-refractivity contribution >= 4 is 26.0 Å². The lowest BCUT2D eigenvalue weighted by Crippen LogP contribution is -2.26. The van der Waals surface area contributed by atoms with Crippen LogP contribution in [0, 0.1) is 6.92 Å². The summed E-state index contributed by atoms with van der Waals surface area (Å²) in [7, 11) is -1.74. The highest BCUT2D eigenvalue weighted by molar-refractivity contribution is 9.09. The molecule has 0 aliphatic carbocycles. The van der Waals surface area contributed by atoms with E-state index in [9.17, 15) is 8.42 Å². The molecule has 0 radical (unpaired) electrons. The van der Waals surface area contributed by atoms with Gasteiger partial charge in [0.2, 0.25) is 0 Å². The van der Waals surface area contributed by atoms with Crippen molar-refractivity contribution in [1.29, 1.82) is 0 Å². The van der Waals surface area contributed by atoms with Crippen molar-refractivity contribution in [2.75, 3.05) is 25.1 Å². The van der Waals surface area contributed by atoms with Crippen molar-refractivity contribution in [3.8, 4) is 0 Å². The van der Waals surface area contributed by atoms with Gasteiger partial charge in [-0.1, -0.05) is 15.9 Å². The maximum Gasteiger partial charge on any atom is 0.259 e. The molecule has 104 valence electrons. The van der Waals surface area contributed by atoms with Crippen molar-refractivity contribution in [1.82, 2.24) is 14.3 Å². The molecule has 0 aromatic carbocycles. The molecule has 0 aliphatic rings. The van der Waals surface area contributed by atoms with E-state index < -0.39 is 10.0 Å². The smallest absolute Gasteiger partial charge is 0.259 e. The molecule has 0 fully saturated rings. The minimum absolute atomic E-state index is 0.0591. The highest BCUT2D eigenvalue weighted by atomic mass is 79.9. The summed E-state index contributed by atoms with van der Waals surface area (Å²) in [5, 5.41) is 0.843. The van der Waals surface area contributed by atoms with Gasteiger partial charge in [0.15, 0.2) is 5.03 Å². The van der Waals surface area contributed by atoms with E-state index in [4.69, 9.17) is 4.74 Å². The zero-order valence-electron chi connectivity index (χ0n) is 10.5. The number of aromatic nitrogens is 2. The monoisotopic (exact) mass is 339 g/mol. The summed E-state index contributed by atoms with van der Waals surface area (Å²) >= 11 is 3.24. The van der Waals surface area contributed by atoms with Crippen LogP contribution in [0.25, 0.3) is 0 Å². The van der Waals surface area contributed by atoms with Crippen molar-refractivity contribution in [2.45, 2.75) is 18.4 Å². The quantitative estimate of drug-likeness (QED) is 0.561. The van der Waals surface area contributed by atoms with Crippen LogP contribution in [0.1, 0.15) is 12.2 Å². The minimum atomic E-state index is -3.50. The molecule has 1 heterocycles. The Morgan fingerprint density at radius 1 is 1.50 bits per heavy atom. The number of hydrogen-bond acceptors (Lipinski definition) is 4. The predicted molar refractivity (Wildman–Crippen MR) is 72.4 cm³/mol. The fraction of sp³-hybridized carbons (Fsp3) is 0.700. The van der Waals surface area contributed by atoms with Gasteiger partial charge in [0.05, 0.1) is 6.61 Å². The zero-order valence-corrected chi connectivity index (χ0v) is 12.9. The van der Waals surface area contributed by atoms with Gasteiger partial charge in [0.25, 0.3) is 10.0 Å². The Balaban J connectivity index is 2.41. The first-order valence-corrected chi connectivity index (χ1v) is 8.21. The second-order valence-corrected chi connectivity index (χ2v) is 6.30. The van der Waals surface area contributed by atoms with Gasteiger partial charge in [0, 0.05) is 31.7 Å². The molecule has 0 amide bonds. The van der Waals surface area contributed by atoms with E-state index in [1.165, 1.54) is 6.20 Å². The molecule has 18 heavy (non-hydrogen) atoms. The Labute approximate surface area is 116 Å². The topological polar surface area (TPSA) is 73.2 Å². The lowest BCUT2D eigenvalue weighted by atomic mass is 10.5. The van der Waals surface area contributed by atoms with E-state index >= 15 is 0 Å². The molecule has 8 heteroatoms. The highest BCUT2D eigenvalue weighted by Crippen LogP contribution is 2.07. The lowest BCUT2D eigenvalue weighted by molar-refractivity contribution is 0.149. The SMILES string of the molecule is Cc1nc(S(=O)(=O)NCCCOCCBr)cn1C. The van der Waals surface area contributed by atoms with Crippen molar-refractivity contribution < 1.29 is 13.2 Å². The number of sulfonamides is 1. The van der Waals surface area contributed by atoms with Gasteiger partial charge in [-0.05, 0) is 13.3 Å². The molecule has 0 saturated carbocycles. The van der Waals surface area contributed by atoms with E-state index in [0.717, 1.165) is 5.33 Å². The Bertz CT molecular complexity index is 453.